The van der Waals surface area contributed by atoms with Crippen LogP contribution in [0.3, 0.4) is 0 Å². The molecule has 3 unspecified atom stereocenters. The normalized spacial score (nSPS) is 19.2. The van der Waals surface area contributed by atoms with E-state index in [9.17, 15) is 32.3 Å². The van der Waals surface area contributed by atoms with Crippen LogP contribution in [0.2, 0.25) is 10.0 Å². The zero-order valence-electron chi connectivity index (χ0n) is 24.0. The summed E-state index contributed by atoms with van der Waals surface area (Å²) in [6.45, 7) is -0.426. The molecule has 0 radical (unpaired) electrons. The van der Waals surface area contributed by atoms with Crippen LogP contribution in [-0.2, 0) is 27.1 Å². The maximum absolute atomic E-state index is 14.1. The number of thiazole rings is 1. The molecule has 6 rings (SSSR count). The summed E-state index contributed by atoms with van der Waals surface area (Å²) < 4.78 is 43.2. The van der Waals surface area contributed by atoms with Crippen molar-refractivity contribution in [3.63, 3.8) is 0 Å². The maximum atomic E-state index is 14.1. The van der Waals surface area contributed by atoms with E-state index in [0.717, 1.165) is 40.9 Å². The summed E-state index contributed by atoms with van der Waals surface area (Å²) in [5.74, 6) is -4.13. The Balaban J connectivity index is 1.43. The Hall–Kier alpha value is -3.78. The summed E-state index contributed by atoms with van der Waals surface area (Å²) in [7, 11) is 3.70. The molecule has 0 bridgehead atoms. The Morgan fingerprint density at radius 2 is 1.65 bits per heavy atom. The zero-order chi connectivity index (χ0) is 33.1. The van der Waals surface area contributed by atoms with E-state index in [1.807, 2.05) is 31.1 Å². The monoisotopic (exact) mass is 706 g/mol. The number of aromatic nitrogens is 1. The van der Waals surface area contributed by atoms with Gasteiger partial charge in [-0.1, -0.05) is 70.6 Å². The number of anilines is 3. The van der Waals surface area contributed by atoms with E-state index in [1.54, 1.807) is 18.2 Å². The van der Waals surface area contributed by atoms with Crippen LogP contribution in [0.15, 0.2) is 76.6 Å². The second-order valence-electron chi connectivity index (χ2n) is 10.9. The number of fused-ring (bicyclic) bond motifs is 2. The van der Waals surface area contributed by atoms with Crippen molar-refractivity contribution in [2.75, 3.05) is 29.2 Å². The van der Waals surface area contributed by atoms with E-state index < -0.39 is 63.7 Å². The molecule has 1 saturated heterocycles. The van der Waals surface area contributed by atoms with Gasteiger partial charge in [0.15, 0.2) is 0 Å². The lowest BCUT2D eigenvalue weighted by molar-refractivity contribution is -0.137. The first-order valence-electron chi connectivity index (χ1n) is 13.7. The SMILES string of the molecule is CN(C)c1ccc(C2c3sc(=O)n(CC(=O)Nc4ccc(Cl)c(Cl)c4)c3SC3C(=O)N(c4ccccc4C(F)(F)F)C(=O)C32)cc1. The minimum atomic E-state index is -4.82. The number of amides is 3. The highest BCUT2D eigenvalue weighted by Crippen LogP contribution is 2.54. The number of carbonyl (C=O) groups is 3. The van der Waals surface area contributed by atoms with E-state index in [1.165, 1.54) is 28.8 Å². The lowest BCUT2D eigenvalue weighted by Gasteiger charge is -2.31. The molecule has 3 atom stereocenters. The zero-order valence-corrected chi connectivity index (χ0v) is 27.1. The molecule has 4 aromatic rings. The van der Waals surface area contributed by atoms with Crippen LogP contribution < -0.4 is 20.0 Å². The van der Waals surface area contributed by atoms with Crippen LogP contribution in [0, 0.1) is 5.92 Å². The van der Waals surface area contributed by atoms with Gasteiger partial charge in [-0.25, -0.2) is 4.90 Å². The average Bonchev–Trinajstić information content (AvgIpc) is 3.44. The topological polar surface area (TPSA) is 91.7 Å². The van der Waals surface area contributed by atoms with Crippen LogP contribution in [0.25, 0.3) is 0 Å². The van der Waals surface area contributed by atoms with Crippen molar-refractivity contribution in [2.45, 2.75) is 28.9 Å². The van der Waals surface area contributed by atoms with Gasteiger partial charge >= 0.3 is 11.0 Å². The van der Waals surface area contributed by atoms with E-state index in [-0.39, 0.29) is 5.02 Å². The molecule has 2 aliphatic heterocycles. The van der Waals surface area contributed by atoms with Gasteiger partial charge in [-0.15, -0.1) is 0 Å². The highest BCUT2D eigenvalue weighted by Gasteiger charge is 2.57. The third-order valence-corrected chi connectivity index (χ3v) is 11.1. The standard InChI is InChI=1S/C31H23Cl2F3N4O4S2/c1-38(2)17-10-7-15(8-11-17)23-24-25(28(43)40(27(24)42)21-6-4-3-5-18(21)31(34,35)36)45-29-26(23)46-30(44)39(29)14-22(41)37-16-9-12-19(32)20(33)13-16/h3-13,23-25H,14H2,1-2H3,(H,37,41). The van der Waals surface area contributed by atoms with Crippen LogP contribution in [-0.4, -0.2) is 41.6 Å². The van der Waals surface area contributed by atoms with Gasteiger partial charge in [0.2, 0.25) is 17.7 Å². The Kier molecular flexibility index (Phi) is 8.47. The predicted octanol–water partition coefficient (Wildman–Crippen LogP) is 6.74. The molecule has 15 heteroatoms. The Morgan fingerprint density at radius 1 is 0.957 bits per heavy atom. The molecule has 1 aromatic heterocycles. The van der Waals surface area contributed by atoms with Crippen molar-refractivity contribution in [3.05, 3.63) is 102 Å². The average molecular weight is 708 g/mol. The molecule has 2 aliphatic rings. The van der Waals surface area contributed by atoms with Gasteiger partial charge in [0.25, 0.3) is 0 Å². The minimum Gasteiger partial charge on any atom is -0.378 e. The summed E-state index contributed by atoms with van der Waals surface area (Å²) in [6, 6.07) is 16.1. The van der Waals surface area contributed by atoms with Crippen molar-refractivity contribution in [3.8, 4) is 0 Å². The predicted molar refractivity (Wildman–Crippen MR) is 173 cm³/mol. The third kappa shape index (κ3) is 5.70. The first-order chi connectivity index (χ1) is 21.8. The van der Waals surface area contributed by atoms with Gasteiger partial charge in [0.05, 0.1) is 32.2 Å². The summed E-state index contributed by atoms with van der Waals surface area (Å²) >= 11 is 13.8. The van der Waals surface area contributed by atoms with Gasteiger partial charge in [-0.05, 0) is 48.0 Å². The van der Waals surface area contributed by atoms with Crippen molar-refractivity contribution in [1.29, 1.82) is 0 Å². The van der Waals surface area contributed by atoms with Crippen molar-refractivity contribution in [1.82, 2.24) is 4.57 Å². The van der Waals surface area contributed by atoms with Gasteiger partial charge < -0.3 is 10.2 Å². The molecule has 0 saturated carbocycles. The lowest BCUT2D eigenvalue weighted by Crippen LogP contribution is -2.33. The molecule has 238 valence electrons. The van der Waals surface area contributed by atoms with Crippen molar-refractivity contribution >= 4 is 81.1 Å². The van der Waals surface area contributed by atoms with Gasteiger partial charge in [-0.3, -0.25) is 23.7 Å². The molecular formula is C31H23Cl2F3N4O4S2. The highest BCUT2D eigenvalue weighted by atomic mass is 35.5. The summed E-state index contributed by atoms with van der Waals surface area (Å²) in [6.07, 6.45) is -4.82. The van der Waals surface area contributed by atoms with Gasteiger partial charge in [-0.2, -0.15) is 13.2 Å². The van der Waals surface area contributed by atoms with E-state index in [2.05, 4.69) is 5.32 Å². The fraction of sp³-hybridized carbons (Fsp3) is 0.226. The van der Waals surface area contributed by atoms with Crippen LogP contribution in [0.4, 0.5) is 30.2 Å². The quantitative estimate of drug-likeness (QED) is 0.224. The first kappa shape index (κ1) is 32.2. The van der Waals surface area contributed by atoms with Crippen LogP contribution in [0.1, 0.15) is 21.9 Å². The number of nitrogens with one attached hydrogen (secondary N) is 1. The number of imide groups is 1. The minimum absolute atomic E-state index is 0.218. The maximum Gasteiger partial charge on any atom is 0.418 e. The molecule has 46 heavy (non-hydrogen) atoms. The second kappa shape index (κ2) is 12.1. The molecule has 0 aliphatic carbocycles. The van der Waals surface area contributed by atoms with E-state index in [0.29, 0.717) is 31.1 Å². The molecule has 1 fully saturated rings. The summed E-state index contributed by atoms with van der Waals surface area (Å²) in [5, 5.41) is 2.32. The van der Waals surface area contributed by atoms with Crippen molar-refractivity contribution in [2.24, 2.45) is 5.92 Å². The number of para-hydroxylation sites is 1. The number of alkyl halides is 3. The lowest BCUT2D eigenvalue weighted by atomic mass is 9.83. The number of hydrogen-bond donors (Lipinski definition) is 1. The molecule has 3 aromatic carbocycles. The number of thioether (sulfide) groups is 1. The Labute approximate surface area is 278 Å². The molecule has 3 amide bonds. The summed E-state index contributed by atoms with van der Waals surface area (Å²) in [4.78, 5) is 56.9. The number of halogens is 5. The number of carbonyl (C=O) groups excluding carboxylic acids is 3. The van der Waals surface area contributed by atoms with Crippen LogP contribution >= 0.6 is 46.3 Å². The fourth-order valence-electron chi connectivity index (χ4n) is 5.66. The van der Waals surface area contributed by atoms with E-state index >= 15 is 0 Å². The molecular weight excluding hydrogens is 684 g/mol. The molecule has 0 spiro atoms. The second-order valence-corrected chi connectivity index (χ2v) is 13.8. The molecule has 3 heterocycles. The van der Waals surface area contributed by atoms with Crippen molar-refractivity contribution < 1.29 is 27.6 Å². The smallest absolute Gasteiger partial charge is 0.378 e. The molecule has 8 nitrogen and oxygen atoms in total. The highest BCUT2D eigenvalue weighted by molar-refractivity contribution is 8.00. The Bertz CT molecular complexity index is 1950. The number of hydrogen-bond acceptors (Lipinski definition) is 7. The third-order valence-electron chi connectivity index (χ3n) is 7.77. The number of rotatable bonds is 6. The van der Waals surface area contributed by atoms with Crippen LogP contribution in [0.5, 0.6) is 0 Å². The largest absolute Gasteiger partial charge is 0.418 e. The van der Waals surface area contributed by atoms with E-state index in [4.69, 9.17) is 23.2 Å². The Morgan fingerprint density at radius 3 is 2.30 bits per heavy atom. The molecule has 1 N–H and O–H groups in total. The first-order valence-corrected chi connectivity index (χ1v) is 16.2. The van der Waals surface area contributed by atoms with Gasteiger partial charge in [0, 0.05) is 36.3 Å². The van der Waals surface area contributed by atoms with Gasteiger partial charge in [0.1, 0.15) is 11.8 Å². The summed E-state index contributed by atoms with van der Waals surface area (Å²) in [5.41, 5.74) is 0.132. The number of benzene rings is 3. The number of nitrogens with zero attached hydrogens (tertiary/aromatic N) is 3. The fourth-order valence-corrected chi connectivity index (χ4v) is 8.73.